The molecule has 1 fully saturated rings. The van der Waals surface area contributed by atoms with Gasteiger partial charge in [-0.05, 0) is 25.0 Å². The summed E-state index contributed by atoms with van der Waals surface area (Å²) in [6, 6.07) is 4.76. The molecule has 104 valence electrons. The molecule has 1 aliphatic rings. The standard InChI is InChI=1S/C14H15N3O3/c1-9(16-6-2-3-14(16)18)12-8-15-13-7-10(17(19)20)4-5-11(12)13/h4-5,7-9,15H,2-3,6H2,1H3. The van der Waals surface area contributed by atoms with Crippen molar-refractivity contribution in [1.82, 2.24) is 9.88 Å². The first kappa shape index (κ1) is 12.7. The first-order valence-corrected chi connectivity index (χ1v) is 6.63. The number of hydrogen-bond acceptors (Lipinski definition) is 3. The number of nitrogens with one attached hydrogen (secondary N) is 1. The number of H-pyrrole nitrogens is 1. The summed E-state index contributed by atoms with van der Waals surface area (Å²) in [5.41, 5.74) is 1.80. The normalized spacial score (nSPS) is 16.9. The topological polar surface area (TPSA) is 79.2 Å². The number of hydrogen-bond donors (Lipinski definition) is 1. The fourth-order valence-corrected chi connectivity index (χ4v) is 2.84. The Labute approximate surface area is 115 Å². The van der Waals surface area contributed by atoms with Crippen LogP contribution in [0.15, 0.2) is 24.4 Å². The Hall–Kier alpha value is -2.37. The van der Waals surface area contributed by atoms with E-state index in [-0.39, 0.29) is 17.6 Å². The zero-order valence-corrected chi connectivity index (χ0v) is 11.1. The highest BCUT2D eigenvalue weighted by molar-refractivity contribution is 5.86. The van der Waals surface area contributed by atoms with Gasteiger partial charge in [-0.2, -0.15) is 0 Å². The van der Waals surface area contributed by atoms with Gasteiger partial charge >= 0.3 is 0 Å². The Balaban J connectivity index is 2.00. The van der Waals surface area contributed by atoms with Crippen molar-refractivity contribution in [2.24, 2.45) is 0 Å². The van der Waals surface area contributed by atoms with E-state index in [1.165, 1.54) is 12.1 Å². The molecule has 1 unspecified atom stereocenters. The lowest BCUT2D eigenvalue weighted by molar-refractivity contribution is -0.384. The molecule has 6 heteroatoms. The number of carbonyl (C=O) groups is 1. The van der Waals surface area contributed by atoms with Gasteiger partial charge < -0.3 is 9.88 Å². The van der Waals surface area contributed by atoms with Gasteiger partial charge in [0.15, 0.2) is 0 Å². The first-order valence-electron chi connectivity index (χ1n) is 6.63. The fraction of sp³-hybridized carbons (Fsp3) is 0.357. The van der Waals surface area contributed by atoms with Crippen LogP contribution < -0.4 is 0 Å². The molecule has 2 heterocycles. The van der Waals surface area contributed by atoms with Crippen molar-refractivity contribution in [3.8, 4) is 0 Å². The monoisotopic (exact) mass is 273 g/mol. The minimum absolute atomic E-state index is 0.0137. The lowest BCUT2D eigenvalue weighted by atomic mass is 10.1. The number of benzene rings is 1. The summed E-state index contributed by atoms with van der Waals surface area (Å²) in [5.74, 6) is 0.175. The van der Waals surface area contributed by atoms with Crippen molar-refractivity contribution in [1.29, 1.82) is 0 Å². The van der Waals surface area contributed by atoms with Crippen molar-refractivity contribution in [3.63, 3.8) is 0 Å². The number of fused-ring (bicyclic) bond motifs is 1. The predicted molar refractivity (Wildman–Crippen MR) is 74.3 cm³/mol. The van der Waals surface area contributed by atoms with Crippen LogP contribution in [0.5, 0.6) is 0 Å². The van der Waals surface area contributed by atoms with Gasteiger partial charge in [0.1, 0.15) is 0 Å². The second-order valence-electron chi connectivity index (χ2n) is 5.10. The smallest absolute Gasteiger partial charge is 0.271 e. The number of nitrogens with zero attached hydrogens (tertiary/aromatic N) is 2. The largest absolute Gasteiger partial charge is 0.361 e. The molecule has 6 nitrogen and oxygen atoms in total. The average Bonchev–Trinajstić information content (AvgIpc) is 3.03. The van der Waals surface area contributed by atoms with Gasteiger partial charge in [-0.1, -0.05) is 0 Å². The molecule has 1 amide bonds. The quantitative estimate of drug-likeness (QED) is 0.689. The molecular formula is C14H15N3O3. The summed E-state index contributed by atoms with van der Waals surface area (Å²) in [5, 5.41) is 11.7. The van der Waals surface area contributed by atoms with E-state index in [1.807, 2.05) is 18.0 Å². The summed E-state index contributed by atoms with van der Waals surface area (Å²) >= 11 is 0. The average molecular weight is 273 g/mol. The van der Waals surface area contributed by atoms with Crippen molar-refractivity contribution in [3.05, 3.63) is 40.1 Å². The van der Waals surface area contributed by atoms with E-state index in [1.54, 1.807) is 6.07 Å². The third kappa shape index (κ3) is 1.93. The van der Waals surface area contributed by atoms with Crippen LogP contribution in [0.2, 0.25) is 0 Å². The fourth-order valence-electron chi connectivity index (χ4n) is 2.84. The van der Waals surface area contributed by atoms with E-state index in [0.29, 0.717) is 6.42 Å². The summed E-state index contributed by atoms with van der Waals surface area (Å²) in [6.45, 7) is 2.77. The molecule has 0 aliphatic carbocycles. The SMILES string of the molecule is CC(c1c[nH]c2cc([N+](=O)[O-])ccc12)N1CCCC1=O. The van der Waals surface area contributed by atoms with E-state index in [4.69, 9.17) is 0 Å². The first-order chi connectivity index (χ1) is 9.58. The van der Waals surface area contributed by atoms with Gasteiger partial charge in [0.05, 0.1) is 16.5 Å². The summed E-state index contributed by atoms with van der Waals surface area (Å²) in [4.78, 5) is 27.1. The van der Waals surface area contributed by atoms with Crippen molar-refractivity contribution in [2.45, 2.75) is 25.8 Å². The minimum Gasteiger partial charge on any atom is -0.361 e. The van der Waals surface area contributed by atoms with Crippen molar-refractivity contribution >= 4 is 22.5 Å². The third-order valence-corrected chi connectivity index (χ3v) is 3.94. The molecule has 0 saturated carbocycles. The zero-order chi connectivity index (χ0) is 14.3. The highest BCUT2D eigenvalue weighted by Gasteiger charge is 2.27. The maximum absolute atomic E-state index is 11.8. The van der Waals surface area contributed by atoms with Gasteiger partial charge in [-0.15, -0.1) is 0 Å². The van der Waals surface area contributed by atoms with Crippen LogP contribution in [-0.2, 0) is 4.79 Å². The molecule has 3 rings (SSSR count). The highest BCUT2D eigenvalue weighted by atomic mass is 16.6. The van der Waals surface area contributed by atoms with Gasteiger partial charge in [-0.25, -0.2) is 0 Å². The second kappa shape index (κ2) is 4.63. The van der Waals surface area contributed by atoms with Crippen LogP contribution in [0.1, 0.15) is 31.4 Å². The Bertz CT molecular complexity index is 692. The molecule has 1 aliphatic heterocycles. The summed E-state index contributed by atoms with van der Waals surface area (Å²) < 4.78 is 0. The number of carbonyl (C=O) groups excluding carboxylic acids is 1. The molecule has 0 bridgehead atoms. The number of rotatable bonds is 3. The lowest BCUT2D eigenvalue weighted by Gasteiger charge is -2.23. The molecule has 0 radical (unpaired) electrons. The summed E-state index contributed by atoms with van der Waals surface area (Å²) in [7, 11) is 0. The van der Waals surface area contributed by atoms with Crippen LogP contribution in [0, 0.1) is 10.1 Å². The Morgan fingerprint density at radius 3 is 2.90 bits per heavy atom. The molecule has 1 saturated heterocycles. The van der Waals surface area contributed by atoms with Crippen LogP contribution in [0.4, 0.5) is 5.69 Å². The maximum atomic E-state index is 11.8. The molecule has 20 heavy (non-hydrogen) atoms. The third-order valence-electron chi connectivity index (χ3n) is 3.94. The highest BCUT2D eigenvalue weighted by Crippen LogP contribution is 2.32. The maximum Gasteiger partial charge on any atom is 0.271 e. The number of amides is 1. The van der Waals surface area contributed by atoms with E-state index in [2.05, 4.69) is 4.98 Å². The molecule has 1 aromatic heterocycles. The molecule has 1 aromatic carbocycles. The number of likely N-dealkylation sites (tertiary alicyclic amines) is 1. The number of aromatic nitrogens is 1. The Morgan fingerprint density at radius 2 is 2.25 bits per heavy atom. The molecule has 1 atom stereocenters. The van der Waals surface area contributed by atoms with E-state index < -0.39 is 4.92 Å². The molecule has 0 spiro atoms. The number of non-ortho nitro benzene ring substituents is 1. The van der Waals surface area contributed by atoms with E-state index in [9.17, 15) is 14.9 Å². The van der Waals surface area contributed by atoms with E-state index in [0.717, 1.165) is 29.4 Å². The zero-order valence-electron chi connectivity index (χ0n) is 11.1. The van der Waals surface area contributed by atoms with Gasteiger partial charge in [0.25, 0.3) is 5.69 Å². The van der Waals surface area contributed by atoms with Gasteiger partial charge in [0.2, 0.25) is 5.91 Å². The van der Waals surface area contributed by atoms with Crippen LogP contribution >= 0.6 is 0 Å². The number of nitro benzene ring substituents is 1. The van der Waals surface area contributed by atoms with E-state index >= 15 is 0 Å². The number of nitro groups is 1. The molecule has 2 aromatic rings. The van der Waals surface area contributed by atoms with Gasteiger partial charge in [-0.3, -0.25) is 14.9 Å². The van der Waals surface area contributed by atoms with Crippen molar-refractivity contribution < 1.29 is 9.72 Å². The predicted octanol–water partition coefficient (Wildman–Crippen LogP) is 2.76. The second-order valence-corrected chi connectivity index (χ2v) is 5.10. The van der Waals surface area contributed by atoms with Gasteiger partial charge in [0, 0.05) is 36.7 Å². The van der Waals surface area contributed by atoms with Crippen molar-refractivity contribution in [2.75, 3.05) is 6.54 Å². The van der Waals surface area contributed by atoms with Crippen LogP contribution in [0.25, 0.3) is 10.9 Å². The van der Waals surface area contributed by atoms with Crippen LogP contribution in [0.3, 0.4) is 0 Å². The minimum atomic E-state index is -0.409. The molecular weight excluding hydrogens is 258 g/mol. The molecule has 1 N–H and O–H groups in total. The Morgan fingerprint density at radius 1 is 1.45 bits per heavy atom. The summed E-state index contributed by atoms with van der Waals surface area (Å²) in [6.07, 6.45) is 3.35. The number of aromatic amines is 1. The van der Waals surface area contributed by atoms with Crippen LogP contribution in [-0.4, -0.2) is 27.3 Å². The Kier molecular flexibility index (Phi) is 2.93. The lowest BCUT2D eigenvalue weighted by Crippen LogP contribution is -2.27.